The van der Waals surface area contributed by atoms with Crippen LogP contribution in [-0.2, 0) is 10.0 Å². The Morgan fingerprint density at radius 2 is 1.79 bits per heavy atom. The first kappa shape index (κ1) is 23.0. The van der Waals surface area contributed by atoms with Gasteiger partial charge in [-0.25, -0.2) is 13.4 Å². The molecule has 2 heterocycles. The maximum atomic E-state index is 11.8. The van der Waals surface area contributed by atoms with Gasteiger partial charge < -0.3 is 10.1 Å². The number of anilines is 2. The summed E-state index contributed by atoms with van der Waals surface area (Å²) in [4.78, 5) is 8.68. The minimum absolute atomic E-state index is 0.0456. The van der Waals surface area contributed by atoms with Crippen molar-refractivity contribution in [3.63, 3.8) is 0 Å². The van der Waals surface area contributed by atoms with Gasteiger partial charge in [0.2, 0.25) is 15.9 Å². The number of methoxy groups -OCH3 is 1. The molecule has 172 valence electrons. The van der Waals surface area contributed by atoms with E-state index >= 15 is 0 Å². The van der Waals surface area contributed by atoms with Crippen LogP contribution in [0.3, 0.4) is 0 Å². The molecular formula is C25H23N5O3S. The molecule has 0 saturated heterocycles. The number of fused-ring (bicyclic) bond motifs is 1. The molecule has 0 fully saturated rings. The minimum atomic E-state index is -3.53. The van der Waals surface area contributed by atoms with Crippen LogP contribution in [0.4, 0.5) is 11.4 Å². The van der Waals surface area contributed by atoms with Crippen LogP contribution in [0.25, 0.3) is 22.0 Å². The number of nitrogens with one attached hydrogen (secondary N) is 2. The number of nitriles is 1. The van der Waals surface area contributed by atoms with Gasteiger partial charge in [0.15, 0.2) is 0 Å². The largest absolute Gasteiger partial charge is 0.480 e. The van der Waals surface area contributed by atoms with Crippen molar-refractivity contribution in [1.29, 1.82) is 5.26 Å². The van der Waals surface area contributed by atoms with E-state index in [0.29, 0.717) is 16.8 Å². The Morgan fingerprint density at radius 1 is 1.03 bits per heavy atom. The molecule has 0 aliphatic carbocycles. The Hall–Kier alpha value is -4.16. The van der Waals surface area contributed by atoms with Gasteiger partial charge in [-0.05, 0) is 36.2 Å². The minimum Gasteiger partial charge on any atom is -0.480 e. The molecule has 4 rings (SSSR count). The zero-order valence-electron chi connectivity index (χ0n) is 18.9. The summed E-state index contributed by atoms with van der Waals surface area (Å²) in [5.74, 6) is 0.169. The lowest BCUT2D eigenvalue weighted by Crippen LogP contribution is -2.11. The predicted octanol–water partition coefficient (Wildman–Crippen LogP) is 4.72. The highest BCUT2D eigenvalue weighted by atomic mass is 32.2. The van der Waals surface area contributed by atoms with E-state index in [0.717, 1.165) is 28.3 Å². The highest BCUT2D eigenvalue weighted by molar-refractivity contribution is 7.92. The van der Waals surface area contributed by atoms with Crippen LogP contribution in [0, 0.1) is 11.3 Å². The van der Waals surface area contributed by atoms with Crippen molar-refractivity contribution in [2.75, 3.05) is 23.4 Å². The van der Waals surface area contributed by atoms with Gasteiger partial charge in [-0.1, -0.05) is 36.4 Å². The average molecular weight is 474 g/mol. The van der Waals surface area contributed by atoms with Gasteiger partial charge in [-0.2, -0.15) is 5.26 Å². The van der Waals surface area contributed by atoms with Crippen LogP contribution in [0.5, 0.6) is 5.88 Å². The van der Waals surface area contributed by atoms with Crippen molar-refractivity contribution in [1.82, 2.24) is 9.97 Å². The molecule has 0 aliphatic rings. The van der Waals surface area contributed by atoms with Gasteiger partial charge >= 0.3 is 0 Å². The van der Waals surface area contributed by atoms with Gasteiger partial charge in [0.25, 0.3) is 0 Å². The Morgan fingerprint density at radius 3 is 2.47 bits per heavy atom. The molecule has 0 aliphatic heterocycles. The summed E-state index contributed by atoms with van der Waals surface area (Å²) in [5, 5.41) is 14.0. The van der Waals surface area contributed by atoms with E-state index in [2.05, 4.69) is 26.1 Å². The molecule has 0 bridgehead atoms. The Bertz CT molecular complexity index is 1500. The molecule has 0 amide bonds. The zero-order chi connectivity index (χ0) is 24.3. The number of rotatable bonds is 7. The topological polar surface area (TPSA) is 117 Å². The number of ether oxygens (including phenoxy) is 1. The third kappa shape index (κ3) is 4.92. The smallest absolute Gasteiger partial charge is 0.238 e. The van der Waals surface area contributed by atoms with Crippen LogP contribution >= 0.6 is 0 Å². The van der Waals surface area contributed by atoms with E-state index < -0.39 is 10.0 Å². The van der Waals surface area contributed by atoms with Crippen LogP contribution in [0.2, 0.25) is 0 Å². The lowest BCUT2D eigenvalue weighted by molar-refractivity contribution is 0.400. The van der Waals surface area contributed by atoms with Crippen molar-refractivity contribution in [2.24, 2.45) is 0 Å². The van der Waals surface area contributed by atoms with Crippen molar-refractivity contribution in [2.45, 2.75) is 13.0 Å². The van der Waals surface area contributed by atoms with Crippen LogP contribution in [0.1, 0.15) is 24.1 Å². The molecule has 2 aromatic carbocycles. The summed E-state index contributed by atoms with van der Waals surface area (Å²) < 4.78 is 31.2. The summed E-state index contributed by atoms with van der Waals surface area (Å²) >= 11 is 0. The maximum absolute atomic E-state index is 11.8. The molecular weight excluding hydrogens is 450 g/mol. The maximum Gasteiger partial charge on any atom is 0.238 e. The fourth-order valence-corrected chi connectivity index (χ4v) is 4.25. The molecule has 4 aromatic rings. The quantitative estimate of drug-likeness (QED) is 0.399. The van der Waals surface area contributed by atoms with Crippen molar-refractivity contribution in [3.8, 4) is 23.1 Å². The first-order chi connectivity index (χ1) is 16.3. The van der Waals surface area contributed by atoms with E-state index in [-0.39, 0.29) is 17.6 Å². The van der Waals surface area contributed by atoms with Gasteiger partial charge in [-0.15, -0.1) is 0 Å². The first-order valence-corrected chi connectivity index (χ1v) is 12.3. The summed E-state index contributed by atoms with van der Waals surface area (Å²) in [5.41, 5.74) is 4.62. The molecule has 0 spiro atoms. The summed E-state index contributed by atoms with van der Waals surface area (Å²) in [6, 6.07) is 19.4. The number of hydrogen-bond acceptors (Lipinski definition) is 7. The van der Waals surface area contributed by atoms with E-state index in [1.54, 1.807) is 18.5 Å². The van der Waals surface area contributed by atoms with Crippen LogP contribution in [-0.4, -0.2) is 31.8 Å². The van der Waals surface area contributed by atoms with E-state index in [4.69, 9.17) is 4.74 Å². The fourth-order valence-electron chi connectivity index (χ4n) is 3.70. The number of nitrogens with zero attached hydrogens (tertiary/aromatic N) is 3. The molecule has 2 N–H and O–H groups in total. The molecule has 8 nitrogen and oxygen atoms in total. The van der Waals surface area contributed by atoms with E-state index in [1.165, 1.54) is 7.11 Å². The Labute approximate surface area is 198 Å². The second-order valence-electron chi connectivity index (χ2n) is 7.82. The van der Waals surface area contributed by atoms with E-state index in [9.17, 15) is 13.7 Å². The standard InChI is InChI=1S/C25H23N5O3S/c1-16(17-7-5-4-6-8-17)29-24-20(13-26)15-27-22-10-9-18(11-21(22)24)19-12-23(30-34(3,31)32)25(33-2)28-14-19/h4-12,14-16,30H,1-3H3,(H,27,29). The number of sulfonamides is 1. The third-order valence-electron chi connectivity index (χ3n) is 5.32. The molecule has 0 saturated carbocycles. The molecule has 34 heavy (non-hydrogen) atoms. The predicted molar refractivity (Wildman–Crippen MR) is 133 cm³/mol. The second kappa shape index (κ2) is 9.37. The highest BCUT2D eigenvalue weighted by Crippen LogP contribution is 2.34. The SMILES string of the molecule is COc1ncc(-c2ccc3ncc(C#N)c(NC(C)c4ccccc4)c3c2)cc1NS(C)(=O)=O. The van der Waals surface area contributed by atoms with Gasteiger partial charge in [0, 0.05) is 29.4 Å². The van der Waals surface area contributed by atoms with Crippen LogP contribution in [0.15, 0.2) is 67.0 Å². The fraction of sp³-hybridized carbons (Fsp3) is 0.160. The molecule has 0 radical (unpaired) electrons. The number of aromatic nitrogens is 2. The Kier molecular flexibility index (Phi) is 6.34. The lowest BCUT2D eigenvalue weighted by Gasteiger charge is -2.19. The monoisotopic (exact) mass is 473 g/mol. The molecule has 9 heteroatoms. The zero-order valence-corrected chi connectivity index (χ0v) is 19.7. The average Bonchev–Trinajstić information content (AvgIpc) is 2.83. The Balaban J connectivity index is 1.82. The number of pyridine rings is 2. The molecule has 2 aromatic heterocycles. The van der Waals surface area contributed by atoms with Crippen molar-refractivity contribution >= 4 is 32.3 Å². The van der Waals surface area contributed by atoms with Crippen molar-refractivity contribution in [3.05, 3.63) is 78.1 Å². The summed E-state index contributed by atoms with van der Waals surface area (Å²) in [6.07, 6.45) is 4.23. The van der Waals surface area contributed by atoms with Gasteiger partial charge in [0.1, 0.15) is 11.8 Å². The third-order valence-corrected chi connectivity index (χ3v) is 5.91. The number of hydrogen-bond donors (Lipinski definition) is 2. The van der Waals surface area contributed by atoms with Crippen LogP contribution < -0.4 is 14.8 Å². The first-order valence-electron chi connectivity index (χ1n) is 10.5. The lowest BCUT2D eigenvalue weighted by atomic mass is 10.0. The normalized spacial score (nSPS) is 12.1. The van der Waals surface area contributed by atoms with Gasteiger partial charge in [-0.3, -0.25) is 9.71 Å². The van der Waals surface area contributed by atoms with E-state index in [1.807, 2.05) is 55.5 Å². The highest BCUT2D eigenvalue weighted by Gasteiger charge is 2.16. The summed E-state index contributed by atoms with van der Waals surface area (Å²) in [6.45, 7) is 2.03. The van der Waals surface area contributed by atoms with Crippen molar-refractivity contribution < 1.29 is 13.2 Å². The molecule has 1 atom stereocenters. The summed E-state index contributed by atoms with van der Waals surface area (Å²) in [7, 11) is -2.10. The van der Waals surface area contributed by atoms with Gasteiger partial charge in [0.05, 0.1) is 30.1 Å². The number of benzene rings is 2. The molecule has 1 unspecified atom stereocenters. The second-order valence-corrected chi connectivity index (χ2v) is 9.57.